The van der Waals surface area contributed by atoms with E-state index in [9.17, 15) is 18.0 Å². The first kappa shape index (κ1) is 32.7. The van der Waals surface area contributed by atoms with E-state index in [-0.39, 0.29) is 31.3 Å². The van der Waals surface area contributed by atoms with Crippen molar-refractivity contribution < 1.29 is 22.7 Å². The third-order valence-electron chi connectivity index (χ3n) is 7.03. The van der Waals surface area contributed by atoms with Crippen LogP contribution in [0.5, 0.6) is 5.75 Å². The monoisotopic (exact) mass is 593 g/mol. The summed E-state index contributed by atoms with van der Waals surface area (Å²) in [5.41, 5.74) is 3.29. The van der Waals surface area contributed by atoms with Gasteiger partial charge in [0.25, 0.3) is 0 Å². The number of ether oxygens (including phenoxy) is 1. The molecule has 0 saturated carbocycles. The standard InChI is InChI=1S/C33H43N3O5S/c1-5-6-20-34-33(38)31(24-27-14-8-7-9-15-27)35(25-28-16-11-18-30(23-28)41-3)32(37)19-12-21-36(42(4,39)40)29-17-10-13-26(2)22-29/h7-11,13-18,22-23,31H,5-6,12,19-21,24-25H2,1-4H3,(H,34,38). The van der Waals surface area contributed by atoms with Gasteiger partial charge in [-0.1, -0.05) is 67.9 Å². The van der Waals surface area contributed by atoms with Crippen LogP contribution in [0.3, 0.4) is 0 Å². The molecule has 0 bridgehead atoms. The van der Waals surface area contributed by atoms with Crippen molar-refractivity contribution in [1.29, 1.82) is 0 Å². The van der Waals surface area contributed by atoms with Gasteiger partial charge < -0.3 is 15.0 Å². The number of hydrogen-bond donors (Lipinski definition) is 1. The Hall–Kier alpha value is -3.85. The number of carbonyl (C=O) groups is 2. The predicted molar refractivity (Wildman–Crippen MR) is 168 cm³/mol. The minimum absolute atomic E-state index is 0.0787. The van der Waals surface area contributed by atoms with E-state index >= 15 is 0 Å². The fourth-order valence-corrected chi connectivity index (χ4v) is 5.77. The Morgan fingerprint density at radius 2 is 1.64 bits per heavy atom. The molecule has 1 N–H and O–H groups in total. The molecule has 9 heteroatoms. The zero-order chi connectivity index (χ0) is 30.5. The Bertz CT molecular complexity index is 1410. The molecule has 3 aromatic carbocycles. The van der Waals surface area contributed by atoms with Crippen molar-refractivity contribution in [2.75, 3.05) is 30.8 Å². The summed E-state index contributed by atoms with van der Waals surface area (Å²) < 4.78 is 32.0. The zero-order valence-corrected chi connectivity index (χ0v) is 25.9. The van der Waals surface area contributed by atoms with Gasteiger partial charge in [0.1, 0.15) is 11.8 Å². The van der Waals surface area contributed by atoms with E-state index < -0.39 is 16.1 Å². The van der Waals surface area contributed by atoms with Gasteiger partial charge in [0.05, 0.1) is 19.1 Å². The van der Waals surface area contributed by atoms with Gasteiger partial charge >= 0.3 is 0 Å². The molecule has 0 radical (unpaired) electrons. The number of carbonyl (C=O) groups excluding carboxylic acids is 2. The molecule has 1 unspecified atom stereocenters. The summed E-state index contributed by atoms with van der Waals surface area (Å²) in [6.45, 7) is 4.85. The van der Waals surface area contributed by atoms with Crippen LogP contribution in [0.25, 0.3) is 0 Å². The van der Waals surface area contributed by atoms with Gasteiger partial charge in [-0.05, 0) is 60.7 Å². The molecule has 0 aromatic heterocycles. The van der Waals surface area contributed by atoms with Gasteiger partial charge in [-0.15, -0.1) is 0 Å². The molecule has 3 aromatic rings. The molecule has 226 valence electrons. The Balaban J connectivity index is 1.89. The fourth-order valence-electron chi connectivity index (χ4n) is 4.81. The number of methoxy groups -OCH3 is 1. The largest absolute Gasteiger partial charge is 0.497 e. The second-order valence-electron chi connectivity index (χ2n) is 10.5. The van der Waals surface area contributed by atoms with E-state index in [1.807, 2.05) is 79.7 Å². The van der Waals surface area contributed by atoms with Crippen molar-refractivity contribution in [1.82, 2.24) is 10.2 Å². The number of anilines is 1. The summed E-state index contributed by atoms with van der Waals surface area (Å²) in [7, 11) is -1.98. The third-order valence-corrected chi connectivity index (χ3v) is 8.22. The maximum absolute atomic E-state index is 13.9. The number of amides is 2. The Kier molecular flexibility index (Phi) is 12.4. The van der Waals surface area contributed by atoms with Crippen LogP contribution in [0.1, 0.15) is 49.3 Å². The normalized spacial score (nSPS) is 11.9. The minimum Gasteiger partial charge on any atom is -0.497 e. The minimum atomic E-state index is -3.56. The van der Waals surface area contributed by atoms with E-state index in [4.69, 9.17) is 4.74 Å². The summed E-state index contributed by atoms with van der Waals surface area (Å²) >= 11 is 0. The van der Waals surface area contributed by atoms with Crippen molar-refractivity contribution in [3.8, 4) is 5.75 Å². The highest BCUT2D eigenvalue weighted by Crippen LogP contribution is 2.22. The summed E-state index contributed by atoms with van der Waals surface area (Å²) in [5, 5.41) is 3.02. The number of sulfonamides is 1. The molecular formula is C33H43N3O5S. The van der Waals surface area contributed by atoms with Crippen LogP contribution in [0.4, 0.5) is 5.69 Å². The van der Waals surface area contributed by atoms with Crippen LogP contribution in [-0.4, -0.2) is 57.6 Å². The third kappa shape index (κ3) is 9.91. The highest BCUT2D eigenvalue weighted by molar-refractivity contribution is 7.92. The average Bonchev–Trinajstić information content (AvgIpc) is 2.97. The number of nitrogens with one attached hydrogen (secondary N) is 1. The highest BCUT2D eigenvalue weighted by atomic mass is 32.2. The van der Waals surface area contributed by atoms with Crippen LogP contribution in [0.2, 0.25) is 0 Å². The van der Waals surface area contributed by atoms with Gasteiger partial charge in [0.15, 0.2) is 0 Å². The maximum atomic E-state index is 13.9. The number of aryl methyl sites for hydroxylation is 1. The SMILES string of the molecule is CCCCNC(=O)C(Cc1ccccc1)N(Cc1cccc(OC)c1)C(=O)CCCN(c1cccc(C)c1)S(C)(=O)=O. The van der Waals surface area contributed by atoms with Crippen molar-refractivity contribution in [2.24, 2.45) is 0 Å². The van der Waals surface area contributed by atoms with Crippen LogP contribution in [0.15, 0.2) is 78.9 Å². The van der Waals surface area contributed by atoms with Crippen molar-refractivity contribution in [2.45, 2.75) is 58.5 Å². The molecule has 0 aliphatic rings. The molecule has 0 saturated heterocycles. The summed E-state index contributed by atoms with van der Waals surface area (Å²) in [6.07, 6.45) is 3.68. The second kappa shape index (κ2) is 16.0. The van der Waals surface area contributed by atoms with Crippen LogP contribution < -0.4 is 14.4 Å². The molecule has 1 atom stereocenters. The van der Waals surface area contributed by atoms with Crippen LogP contribution >= 0.6 is 0 Å². The van der Waals surface area contributed by atoms with E-state index in [0.29, 0.717) is 30.8 Å². The number of unbranched alkanes of at least 4 members (excludes halogenated alkanes) is 1. The van der Waals surface area contributed by atoms with E-state index in [2.05, 4.69) is 12.2 Å². The molecular weight excluding hydrogens is 550 g/mol. The lowest BCUT2D eigenvalue weighted by Crippen LogP contribution is -2.50. The smallest absolute Gasteiger partial charge is 0.243 e. The van der Waals surface area contributed by atoms with Gasteiger partial charge in [-0.2, -0.15) is 0 Å². The molecule has 0 spiro atoms. The van der Waals surface area contributed by atoms with Crippen molar-refractivity contribution in [3.05, 3.63) is 95.6 Å². The molecule has 3 rings (SSSR count). The first-order valence-electron chi connectivity index (χ1n) is 14.4. The Morgan fingerprint density at radius 3 is 2.31 bits per heavy atom. The van der Waals surface area contributed by atoms with Crippen LogP contribution in [0, 0.1) is 6.92 Å². The number of nitrogens with zero attached hydrogens (tertiary/aromatic N) is 2. The molecule has 42 heavy (non-hydrogen) atoms. The van der Waals surface area contributed by atoms with E-state index in [1.54, 1.807) is 18.1 Å². The Labute approximate surface area is 250 Å². The molecule has 0 fully saturated rings. The number of hydrogen-bond acceptors (Lipinski definition) is 5. The van der Waals surface area contributed by atoms with E-state index in [0.717, 1.165) is 29.5 Å². The Morgan fingerprint density at radius 1 is 0.929 bits per heavy atom. The summed E-state index contributed by atoms with van der Waals surface area (Å²) in [4.78, 5) is 29.2. The number of rotatable bonds is 16. The van der Waals surface area contributed by atoms with Gasteiger partial charge in [0, 0.05) is 32.5 Å². The van der Waals surface area contributed by atoms with Gasteiger partial charge in [-0.3, -0.25) is 13.9 Å². The highest BCUT2D eigenvalue weighted by Gasteiger charge is 2.30. The topological polar surface area (TPSA) is 96.0 Å². The summed E-state index contributed by atoms with van der Waals surface area (Å²) in [5.74, 6) is 0.233. The van der Waals surface area contributed by atoms with Crippen molar-refractivity contribution in [3.63, 3.8) is 0 Å². The lowest BCUT2D eigenvalue weighted by molar-refractivity contribution is -0.141. The lowest BCUT2D eigenvalue weighted by Gasteiger charge is -2.32. The van der Waals surface area contributed by atoms with Gasteiger partial charge in [-0.25, -0.2) is 8.42 Å². The quantitative estimate of drug-likeness (QED) is 0.233. The zero-order valence-electron chi connectivity index (χ0n) is 25.1. The predicted octanol–water partition coefficient (Wildman–Crippen LogP) is 5.11. The average molecular weight is 594 g/mol. The van der Waals surface area contributed by atoms with Crippen molar-refractivity contribution >= 4 is 27.5 Å². The van der Waals surface area contributed by atoms with Crippen LogP contribution in [-0.2, 0) is 32.6 Å². The molecule has 2 amide bonds. The molecule has 0 aliphatic heterocycles. The molecule has 0 heterocycles. The molecule has 0 aliphatic carbocycles. The number of benzene rings is 3. The maximum Gasteiger partial charge on any atom is 0.243 e. The second-order valence-corrected chi connectivity index (χ2v) is 12.4. The summed E-state index contributed by atoms with van der Waals surface area (Å²) in [6, 6.07) is 23.6. The van der Waals surface area contributed by atoms with E-state index in [1.165, 1.54) is 10.6 Å². The first-order chi connectivity index (χ1) is 20.1. The molecule has 8 nitrogen and oxygen atoms in total. The van der Waals surface area contributed by atoms with Gasteiger partial charge in [0.2, 0.25) is 21.8 Å². The fraction of sp³-hybridized carbons (Fsp3) is 0.394. The first-order valence-corrected chi connectivity index (χ1v) is 16.3. The lowest BCUT2D eigenvalue weighted by atomic mass is 10.0.